The molecule has 1 aromatic carbocycles. The maximum Gasteiger partial charge on any atom is 0.408 e. The number of esters is 1. The fourth-order valence-electron chi connectivity index (χ4n) is 3.70. The number of ether oxygens (including phenoxy) is 2. The Morgan fingerprint density at radius 1 is 1.17 bits per heavy atom. The van der Waals surface area contributed by atoms with Crippen molar-refractivity contribution >= 4 is 23.0 Å². The molecular formula is C23H29NO6. The van der Waals surface area contributed by atoms with Gasteiger partial charge in [0.05, 0.1) is 5.39 Å². The lowest BCUT2D eigenvalue weighted by Crippen LogP contribution is -2.44. The zero-order chi connectivity index (χ0) is 22.1. The molecule has 1 heterocycles. The van der Waals surface area contributed by atoms with Crippen LogP contribution in [0.25, 0.3) is 11.0 Å². The summed E-state index contributed by atoms with van der Waals surface area (Å²) in [6, 6.07) is 2.68. The van der Waals surface area contributed by atoms with Crippen molar-refractivity contribution in [1.29, 1.82) is 0 Å². The van der Waals surface area contributed by atoms with Crippen LogP contribution in [-0.4, -0.2) is 23.7 Å². The maximum atomic E-state index is 12.8. The van der Waals surface area contributed by atoms with Crippen LogP contribution in [0.15, 0.2) is 21.3 Å². The molecule has 1 aliphatic carbocycles. The van der Waals surface area contributed by atoms with Gasteiger partial charge in [-0.15, -0.1) is 0 Å². The molecule has 1 atom stereocenters. The summed E-state index contributed by atoms with van der Waals surface area (Å²) in [4.78, 5) is 37.3. The lowest BCUT2D eigenvalue weighted by molar-refractivity contribution is -0.136. The number of amides is 1. The summed E-state index contributed by atoms with van der Waals surface area (Å²) in [6.07, 6.45) is 2.95. The standard InChI is InChI=1S/C23H29NO6/c1-6-16(24-22(27)30-23(3,4)5)21(26)29-18-12-13(2)11-17-19(18)14-9-7-8-10-15(14)20(25)28-17/h11-12,16H,6-10H2,1-5H3,(H,24,27)/t16-/m0/s1. The van der Waals surface area contributed by atoms with Gasteiger partial charge in [0.15, 0.2) is 0 Å². The minimum Gasteiger partial charge on any atom is -0.444 e. The van der Waals surface area contributed by atoms with E-state index in [2.05, 4.69) is 5.32 Å². The molecule has 0 unspecified atom stereocenters. The number of fused-ring (bicyclic) bond motifs is 3. The lowest BCUT2D eigenvalue weighted by atomic mass is 9.90. The molecule has 3 rings (SSSR count). The van der Waals surface area contributed by atoms with Gasteiger partial charge in [0.2, 0.25) is 0 Å². The van der Waals surface area contributed by atoms with Gasteiger partial charge >= 0.3 is 17.7 Å². The molecule has 1 aromatic heterocycles. The second kappa shape index (κ2) is 8.50. The van der Waals surface area contributed by atoms with Crippen LogP contribution in [0.1, 0.15) is 63.6 Å². The SMILES string of the molecule is CC[C@H](NC(=O)OC(C)(C)C)C(=O)Oc1cc(C)cc2oc(=O)c3c(c12)CCCC3. The van der Waals surface area contributed by atoms with E-state index in [-0.39, 0.29) is 5.63 Å². The van der Waals surface area contributed by atoms with Gasteiger partial charge in [0.1, 0.15) is 23.0 Å². The van der Waals surface area contributed by atoms with E-state index in [0.717, 1.165) is 30.4 Å². The van der Waals surface area contributed by atoms with Crippen LogP contribution in [0.2, 0.25) is 0 Å². The molecule has 0 radical (unpaired) electrons. The Bertz CT molecular complexity index is 1030. The van der Waals surface area contributed by atoms with Crippen molar-refractivity contribution in [2.45, 2.75) is 78.4 Å². The molecule has 162 valence electrons. The van der Waals surface area contributed by atoms with E-state index in [1.807, 2.05) is 6.92 Å². The van der Waals surface area contributed by atoms with Crippen LogP contribution in [0.3, 0.4) is 0 Å². The van der Waals surface area contributed by atoms with Gasteiger partial charge in [-0.2, -0.15) is 0 Å². The first kappa shape index (κ1) is 21.9. The molecule has 0 aliphatic heterocycles. The topological polar surface area (TPSA) is 94.8 Å². The Kier molecular flexibility index (Phi) is 6.19. The average molecular weight is 415 g/mol. The Hall–Kier alpha value is -2.83. The molecule has 2 aromatic rings. The predicted octanol–water partition coefficient (Wildman–Crippen LogP) is 4.19. The van der Waals surface area contributed by atoms with Crippen molar-refractivity contribution in [2.75, 3.05) is 0 Å². The van der Waals surface area contributed by atoms with Gasteiger partial charge < -0.3 is 19.2 Å². The summed E-state index contributed by atoms with van der Waals surface area (Å²) in [5.74, 6) is -0.243. The summed E-state index contributed by atoms with van der Waals surface area (Å²) < 4.78 is 16.5. The number of carbonyl (C=O) groups excluding carboxylic acids is 2. The Morgan fingerprint density at radius 2 is 1.83 bits per heavy atom. The van der Waals surface area contributed by atoms with Crippen LogP contribution >= 0.6 is 0 Å². The minimum absolute atomic E-state index is 0.321. The van der Waals surface area contributed by atoms with E-state index in [0.29, 0.717) is 35.1 Å². The molecule has 1 N–H and O–H groups in total. The third-order valence-corrected chi connectivity index (χ3v) is 5.02. The number of nitrogens with one attached hydrogen (secondary N) is 1. The predicted molar refractivity (Wildman–Crippen MR) is 113 cm³/mol. The van der Waals surface area contributed by atoms with Gasteiger partial charge in [-0.05, 0) is 83.1 Å². The summed E-state index contributed by atoms with van der Waals surface area (Å²) >= 11 is 0. The van der Waals surface area contributed by atoms with Crippen molar-refractivity contribution in [3.63, 3.8) is 0 Å². The number of hydrogen-bond acceptors (Lipinski definition) is 6. The molecule has 1 aliphatic rings. The number of aryl methyl sites for hydroxylation is 2. The summed E-state index contributed by atoms with van der Waals surface area (Å²) in [5.41, 5.74) is 1.78. The highest BCUT2D eigenvalue weighted by Crippen LogP contribution is 2.34. The molecule has 0 fully saturated rings. The molecule has 0 saturated heterocycles. The van der Waals surface area contributed by atoms with Crippen LogP contribution < -0.4 is 15.7 Å². The van der Waals surface area contributed by atoms with Crippen LogP contribution in [0, 0.1) is 6.92 Å². The van der Waals surface area contributed by atoms with E-state index in [1.165, 1.54) is 0 Å². The molecule has 0 bridgehead atoms. The normalized spacial score (nSPS) is 14.7. The van der Waals surface area contributed by atoms with Gasteiger partial charge in [-0.3, -0.25) is 0 Å². The molecular weight excluding hydrogens is 386 g/mol. The molecule has 0 spiro atoms. The first-order chi connectivity index (χ1) is 14.1. The second-order valence-corrected chi connectivity index (χ2v) is 8.72. The summed E-state index contributed by atoms with van der Waals surface area (Å²) in [6.45, 7) is 8.87. The lowest BCUT2D eigenvalue weighted by Gasteiger charge is -2.23. The third-order valence-electron chi connectivity index (χ3n) is 5.02. The summed E-state index contributed by atoms with van der Waals surface area (Å²) in [5, 5.41) is 3.23. The number of benzene rings is 1. The highest BCUT2D eigenvalue weighted by molar-refractivity contribution is 5.92. The smallest absolute Gasteiger partial charge is 0.408 e. The van der Waals surface area contributed by atoms with E-state index in [1.54, 1.807) is 39.8 Å². The van der Waals surface area contributed by atoms with E-state index < -0.39 is 23.7 Å². The second-order valence-electron chi connectivity index (χ2n) is 8.72. The Labute approximate surface area is 175 Å². The van der Waals surface area contributed by atoms with E-state index >= 15 is 0 Å². The van der Waals surface area contributed by atoms with Gasteiger partial charge in [-0.1, -0.05) is 6.92 Å². The zero-order valence-electron chi connectivity index (χ0n) is 18.2. The molecule has 30 heavy (non-hydrogen) atoms. The molecule has 1 amide bonds. The number of carbonyl (C=O) groups is 2. The van der Waals surface area contributed by atoms with Crippen molar-refractivity contribution < 1.29 is 23.5 Å². The fraction of sp³-hybridized carbons (Fsp3) is 0.522. The monoisotopic (exact) mass is 415 g/mol. The van der Waals surface area contributed by atoms with Crippen LogP contribution in [0.5, 0.6) is 5.75 Å². The van der Waals surface area contributed by atoms with Crippen molar-refractivity contribution in [3.8, 4) is 5.75 Å². The average Bonchev–Trinajstić information content (AvgIpc) is 2.64. The quantitative estimate of drug-likeness (QED) is 0.457. The fourth-order valence-corrected chi connectivity index (χ4v) is 3.70. The molecule has 0 saturated carbocycles. The van der Waals surface area contributed by atoms with Crippen LogP contribution in [-0.2, 0) is 22.4 Å². The molecule has 7 nitrogen and oxygen atoms in total. The van der Waals surface area contributed by atoms with Crippen molar-refractivity contribution in [1.82, 2.24) is 5.32 Å². The van der Waals surface area contributed by atoms with E-state index in [9.17, 15) is 14.4 Å². The van der Waals surface area contributed by atoms with Crippen molar-refractivity contribution in [2.24, 2.45) is 0 Å². The maximum absolute atomic E-state index is 12.8. The number of hydrogen-bond donors (Lipinski definition) is 1. The Morgan fingerprint density at radius 3 is 2.47 bits per heavy atom. The van der Waals surface area contributed by atoms with E-state index in [4.69, 9.17) is 13.9 Å². The molecule has 7 heteroatoms. The van der Waals surface area contributed by atoms with Gasteiger partial charge in [-0.25, -0.2) is 14.4 Å². The first-order valence-electron chi connectivity index (χ1n) is 10.4. The van der Waals surface area contributed by atoms with Gasteiger partial charge in [0, 0.05) is 5.56 Å². The first-order valence-corrected chi connectivity index (χ1v) is 10.4. The van der Waals surface area contributed by atoms with Crippen molar-refractivity contribution in [3.05, 3.63) is 39.2 Å². The highest BCUT2D eigenvalue weighted by Gasteiger charge is 2.27. The summed E-state index contributed by atoms with van der Waals surface area (Å²) in [7, 11) is 0. The largest absolute Gasteiger partial charge is 0.444 e. The highest BCUT2D eigenvalue weighted by atomic mass is 16.6. The number of rotatable bonds is 4. The minimum atomic E-state index is -0.859. The van der Waals surface area contributed by atoms with Gasteiger partial charge in [0.25, 0.3) is 0 Å². The zero-order valence-corrected chi connectivity index (χ0v) is 18.2. The number of alkyl carbamates (subject to hydrolysis) is 1. The van der Waals surface area contributed by atoms with Crippen LogP contribution in [0.4, 0.5) is 4.79 Å². The Balaban J connectivity index is 1.93. The third kappa shape index (κ3) is 4.83.